The van der Waals surface area contributed by atoms with Crippen LogP contribution in [0.25, 0.3) is 10.2 Å². The molecule has 0 bridgehead atoms. The lowest BCUT2D eigenvalue weighted by Gasteiger charge is -2.15. The molecular formula is C13H16ClN3OS. The number of halogens is 1. The molecule has 2 aromatic rings. The second kappa shape index (κ2) is 5.23. The largest absolute Gasteiger partial charge is 0.378 e. The summed E-state index contributed by atoms with van der Waals surface area (Å²) in [5.41, 5.74) is 0. The van der Waals surface area contributed by atoms with Gasteiger partial charge in [-0.25, -0.2) is 9.97 Å². The smallest absolute Gasteiger partial charge is 0.225 e. The quantitative estimate of drug-likeness (QED) is 0.881. The van der Waals surface area contributed by atoms with Crippen molar-refractivity contribution < 1.29 is 4.74 Å². The second-order valence-corrected chi connectivity index (χ2v) is 6.50. The van der Waals surface area contributed by atoms with Gasteiger partial charge in [0.15, 0.2) is 0 Å². The molecule has 6 heteroatoms. The Hall–Kier alpha value is -0.910. The van der Waals surface area contributed by atoms with E-state index in [1.165, 1.54) is 4.88 Å². The maximum atomic E-state index is 5.98. The highest BCUT2D eigenvalue weighted by Gasteiger charge is 2.24. The first-order valence-corrected chi connectivity index (χ1v) is 7.62. The molecule has 19 heavy (non-hydrogen) atoms. The number of hydrogen-bond acceptors (Lipinski definition) is 5. The highest BCUT2D eigenvalue weighted by Crippen LogP contribution is 2.30. The third-order valence-electron chi connectivity index (χ3n) is 3.55. The van der Waals surface area contributed by atoms with Crippen LogP contribution >= 0.6 is 22.9 Å². The van der Waals surface area contributed by atoms with Crippen molar-refractivity contribution in [2.24, 2.45) is 5.92 Å². The van der Waals surface area contributed by atoms with Crippen LogP contribution in [0.5, 0.6) is 0 Å². The van der Waals surface area contributed by atoms with Gasteiger partial charge < -0.3 is 10.1 Å². The molecular weight excluding hydrogens is 282 g/mol. The molecule has 0 radical (unpaired) electrons. The van der Waals surface area contributed by atoms with Gasteiger partial charge in [-0.1, -0.05) is 0 Å². The van der Waals surface area contributed by atoms with Crippen LogP contribution in [0, 0.1) is 12.8 Å². The summed E-state index contributed by atoms with van der Waals surface area (Å²) in [5.74, 6) is 1.36. The van der Waals surface area contributed by atoms with Crippen molar-refractivity contribution in [1.29, 1.82) is 0 Å². The fourth-order valence-corrected chi connectivity index (χ4v) is 3.52. The Bertz CT molecular complexity index is 601. The molecule has 1 fully saturated rings. The number of fused-ring (bicyclic) bond motifs is 1. The molecule has 2 atom stereocenters. The van der Waals surface area contributed by atoms with Crippen LogP contribution in [0.4, 0.5) is 5.82 Å². The van der Waals surface area contributed by atoms with E-state index in [0.29, 0.717) is 17.3 Å². The Morgan fingerprint density at radius 3 is 3.11 bits per heavy atom. The van der Waals surface area contributed by atoms with Gasteiger partial charge in [-0.15, -0.1) is 11.3 Å². The predicted octanol–water partition coefficient (Wildman–Crippen LogP) is 3.49. The van der Waals surface area contributed by atoms with Crippen LogP contribution in [0.2, 0.25) is 5.28 Å². The van der Waals surface area contributed by atoms with Crippen LogP contribution in [0.15, 0.2) is 6.07 Å². The van der Waals surface area contributed by atoms with Crippen molar-refractivity contribution in [3.63, 3.8) is 0 Å². The number of ether oxygens (including phenoxy) is 1. The number of aromatic nitrogens is 2. The Morgan fingerprint density at radius 1 is 1.53 bits per heavy atom. The molecule has 0 amide bonds. The van der Waals surface area contributed by atoms with E-state index in [0.717, 1.165) is 35.6 Å². The first-order valence-electron chi connectivity index (χ1n) is 6.42. The van der Waals surface area contributed by atoms with E-state index in [1.807, 2.05) is 0 Å². The Labute approximate surface area is 121 Å². The monoisotopic (exact) mass is 297 g/mol. The van der Waals surface area contributed by atoms with Gasteiger partial charge in [0.25, 0.3) is 0 Å². The summed E-state index contributed by atoms with van der Waals surface area (Å²) in [6.07, 6.45) is 1.41. The fraction of sp³-hybridized carbons (Fsp3) is 0.538. The molecule has 0 aliphatic carbocycles. The standard InChI is InChI=1S/C13H16ClN3OS/c1-7-5-10-11(16-13(14)17-12(10)19-7)15-6-9-3-4-18-8(9)2/h5,8-9H,3-4,6H2,1-2H3,(H,15,16,17). The van der Waals surface area contributed by atoms with Crippen LogP contribution in [-0.4, -0.2) is 29.2 Å². The van der Waals surface area contributed by atoms with Crippen molar-refractivity contribution in [1.82, 2.24) is 9.97 Å². The summed E-state index contributed by atoms with van der Waals surface area (Å²) >= 11 is 7.62. The Kier molecular flexibility index (Phi) is 3.60. The fourth-order valence-electron chi connectivity index (χ4n) is 2.42. The third-order valence-corrected chi connectivity index (χ3v) is 4.67. The Balaban J connectivity index is 1.83. The average molecular weight is 298 g/mol. The molecule has 1 N–H and O–H groups in total. The predicted molar refractivity (Wildman–Crippen MR) is 79.2 cm³/mol. The molecule has 2 aromatic heterocycles. The third kappa shape index (κ3) is 2.68. The zero-order valence-electron chi connectivity index (χ0n) is 10.9. The van der Waals surface area contributed by atoms with Gasteiger partial charge in [0.1, 0.15) is 10.6 Å². The average Bonchev–Trinajstić information content (AvgIpc) is 2.91. The zero-order valence-corrected chi connectivity index (χ0v) is 12.5. The Morgan fingerprint density at radius 2 is 2.37 bits per heavy atom. The molecule has 102 valence electrons. The van der Waals surface area contributed by atoms with Crippen molar-refractivity contribution in [3.05, 3.63) is 16.2 Å². The molecule has 4 nitrogen and oxygen atoms in total. The van der Waals surface area contributed by atoms with Gasteiger partial charge >= 0.3 is 0 Å². The van der Waals surface area contributed by atoms with Crippen molar-refractivity contribution >= 4 is 39.0 Å². The van der Waals surface area contributed by atoms with Gasteiger partial charge in [0.05, 0.1) is 11.5 Å². The topological polar surface area (TPSA) is 47.0 Å². The lowest BCUT2D eigenvalue weighted by Crippen LogP contribution is -2.21. The van der Waals surface area contributed by atoms with Crippen molar-refractivity contribution in [2.45, 2.75) is 26.4 Å². The van der Waals surface area contributed by atoms with E-state index in [-0.39, 0.29) is 0 Å². The maximum absolute atomic E-state index is 5.98. The van der Waals surface area contributed by atoms with Crippen LogP contribution < -0.4 is 5.32 Å². The highest BCUT2D eigenvalue weighted by molar-refractivity contribution is 7.18. The van der Waals surface area contributed by atoms with E-state index in [1.54, 1.807) is 11.3 Å². The SMILES string of the molecule is Cc1cc2c(NCC3CCOC3C)nc(Cl)nc2s1. The molecule has 0 spiro atoms. The normalized spacial score (nSPS) is 23.1. The van der Waals surface area contributed by atoms with Crippen LogP contribution in [-0.2, 0) is 4.74 Å². The number of rotatable bonds is 3. The van der Waals surface area contributed by atoms with Gasteiger partial charge in [0.2, 0.25) is 5.28 Å². The van der Waals surface area contributed by atoms with Crippen LogP contribution in [0.1, 0.15) is 18.2 Å². The van der Waals surface area contributed by atoms with E-state index in [2.05, 4.69) is 35.2 Å². The molecule has 0 aromatic carbocycles. The van der Waals surface area contributed by atoms with E-state index < -0.39 is 0 Å². The number of anilines is 1. The zero-order chi connectivity index (χ0) is 13.4. The molecule has 2 unspecified atom stereocenters. The molecule has 1 saturated heterocycles. The van der Waals surface area contributed by atoms with Crippen molar-refractivity contribution in [3.8, 4) is 0 Å². The number of aryl methyl sites for hydroxylation is 1. The van der Waals surface area contributed by atoms with Crippen LogP contribution in [0.3, 0.4) is 0 Å². The molecule has 1 aliphatic heterocycles. The number of thiophene rings is 1. The molecule has 1 aliphatic rings. The summed E-state index contributed by atoms with van der Waals surface area (Å²) in [6, 6.07) is 2.10. The summed E-state index contributed by atoms with van der Waals surface area (Å²) in [7, 11) is 0. The summed E-state index contributed by atoms with van der Waals surface area (Å²) in [4.78, 5) is 10.7. The maximum Gasteiger partial charge on any atom is 0.225 e. The number of hydrogen-bond donors (Lipinski definition) is 1. The first kappa shape index (κ1) is 13.1. The summed E-state index contributed by atoms with van der Waals surface area (Å²) in [6.45, 7) is 5.90. The molecule has 0 saturated carbocycles. The minimum Gasteiger partial charge on any atom is -0.378 e. The number of nitrogens with one attached hydrogen (secondary N) is 1. The van der Waals surface area contributed by atoms with Gasteiger partial charge in [-0.2, -0.15) is 0 Å². The molecule has 3 heterocycles. The van der Waals surface area contributed by atoms with E-state index in [4.69, 9.17) is 16.3 Å². The minimum atomic E-state index is 0.299. The molecule has 3 rings (SSSR count). The van der Waals surface area contributed by atoms with Crippen molar-refractivity contribution in [2.75, 3.05) is 18.5 Å². The summed E-state index contributed by atoms with van der Waals surface area (Å²) in [5, 5.41) is 4.76. The van der Waals surface area contributed by atoms with Gasteiger partial charge in [0, 0.05) is 23.9 Å². The highest BCUT2D eigenvalue weighted by atomic mass is 35.5. The lowest BCUT2D eigenvalue weighted by atomic mass is 10.0. The lowest BCUT2D eigenvalue weighted by molar-refractivity contribution is 0.108. The summed E-state index contributed by atoms with van der Waals surface area (Å²) < 4.78 is 5.57. The second-order valence-electron chi connectivity index (χ2n) is 4.92. The van der Waals surface area contributed by atoms with Gasteiger partial charge in [-0.3, -0.25) is 0 Å². The van der Waals surface area contributed by atoms with E-state index in [9.17, 15) is 0 Å². The first-order chi connectivity index (χ1) is 9.13. The van der Waals surface area contributed by atoms with E-state index >= 15 is 0 Å². The van der Waals surface area contributed by atoms with Gasteiger partial charge in [-0.05, 0) is 37.9 Å². The minimum absolute atomic E-state index is 0.299. The number of nitrogens with zero attached hydrogens (tertiary/aromatic N) is 2.